The summed E-state index contributed by atoms with van der Waals surface area (Å²) >= 11 is 3.52. The molecule has 17 aromatic rings. The smallest absolute Gasteiger partial charge is 0.0726 e. The van der Waals surface area contributed by atoms with Crippen molar-refractivity contribution >= 4 is 67.1 Å². The first kappa shape index (κ1) is 65.6. The Balaban J connectivity index is 0.000000180. The van der Waals surface area contributed by atoms with Crippen LogP contribution >= 0.6 is 15.9 Å². The van der Waals surface area contributed by atoms with Gasteiger partial charge in [-0.15, -0.1) is 0 Å². The highest BCUT2D eigenvalue weighted by atomic mass is 79.9. The van der Waals surface area contributed by atoms with Gasteiger partial charge < -0.3 is 14.7 Å². The fourth-order valence-corrected chi connectivity index (χ4v) is 16.3. The van der Waals surface area contributed by atoms with Crippen LogP contribution in [0, 0.1) is 0 Å². The lowest BCUT2D eigenvalue weighted by Gasteiger charge is -2.31. The molecule has 2 aliphatic rings. The van der Waals surface area contributed by atoms with Gasteiger partial charge in [0.25, 0.3) is 0 Å². The first-order valence-electron chi connectivity index (χ1n) is 36.6. The number of anilines is 9. The second-order valence-electron chi connectivity index (χ2n) is 27.2. The molecule has 3 nitrogen and oxygen atoms in total. The molecule has 0 saturated carbocycles. The normalized spacial score (nSPS) is 11.9. The lowest BCUT2D eigenvalue weighted by atomic mass is 9.70. The SMILES string of the molecule is Brc1ccc(-c2ccc(-c3ccc(N(c4ccccc4)c4ccc(-c5ccccc5)cc4)cc3)cc2)cc1.c1ccc(-c2ccc(N(c3ccccc3)c3ccc(-c4ccc(-c5ccc(N(c6ccccc6)c6cccc7c6-c6ccccc6C76c7ccccc7-c7ccccc76)cc5)cc4)cc3)cc2)cc1. The summed E-state index contributed by atoms with van der Waals surface area (Å²) in [6.07, 6.45) is 0. The maximum Gasteiger partial charge on any atom is 0.0726 e. The molecule has 0 atom stereocenters. The summed E-state index contributed by atoms with van der Waals surface area (Å²) in [5.74, 6) is 0. The Morgan fingerprint density at radius 3 is 0.701 bits per heavy atom. The molecule has 17 aromatic carbocycles. The zero-order valence-electron chi connectivity index (χ0n) is 58.8. The predicted molar refractivity (Wildman–Crippen MR) is 454 cm³/mol. The van der Waals surface area contributed by atoms with Crippen molar-refractivity contribution in [3.63, 3.8) is 0 Å². The van der Waals surface area contributed by atoms with E-state index < -0.39 is 5.41 Å². The van der Waals surface area contributed by atoms with Crippen molar-refractivity contribution in [2.45, 2.75) is 5.41 Å². The van der Waals surface area contributed by atoms with Crippen LogP contribution in [0.2, 0.25) is 0 Å². The molecule has 19 rings (SSSR count). The molecule has 0 aromatic heterocycles. The average Bonchev–Trinajstić information content (AvgIpc) is 1.51. The van der Waals surface area contributed by atoms with Crippen LogP contribution in [0.5, 0.6) is 0 Å². The van der Waals surface area contributed by atoms with E-state index in [1.54, 1.807) is 0 Å². The molecular weight excluding hydrogens is 1360 g/mol. The largest absolute Gasteiger partial charge is 0.311 e. The van der Waals surface area contributed by atoms with Gasteiger partial charge in [-0.25, -0.2) is 0 Å². The summed E-state index contributed by atoms with van der Waals surface area (Å²) < 4.78 is 1.09. The van der Waals surface area contributed by atoms with Gasteiger partial charge in [0.15, 0.2) is 0 Å². The van der Waals surface area contributed by atoms with E-state index in [0.29, 0.717) is 0 Å². The Hall–Kier alpha value is -13.4. The van der Waals surface area contributed by atoms with E-state index >= 15 is 0 Å². The maximum atomic E-state index is 3.52. The van der Waals surface area contributed by atoms with Crippen LogP contribution in [-0.2, 0) is 5.41 Å². The van der Waals surface area contributed by atoms with Crippen LogP contribution in [0.25, 0.3) is 89.0 Å². The van der Waals surface area contributed by atoms with Gasteiger partial charge >= 0.3 is 0 Å². The number of nitrogens with zero attached hydrogens (tertiary/aromatic N) is 3. The van der Waals surface area contributed by atoms with E-state index in [2.05, 4.69) is 467 Å². The van der Waals surface area contributed by atoms with Crippen molar-refractivity contribution in [2.75, 3.05) is 14.7 Å². The second kappa shape index (κ2) is 29.0. The van der Waals surface area contributed by atoms with Gasteiger partial charge in [0.1, 0.15) is 0 Å². The van der Waals surface area contributed by atoms with E-state index in [1.807, 2.05) is 0 Å². The molecule has 0 N–H and O–H groups in total. The van der Waals surface area contributed by atoms with Gasteiger partial charge in [-0.1, -0.05) is 337 Å². The molecule has 0 aliphatic heterocycles. The van der Waals surface area contributed by atoms with Gasteiger partial charge in [0, 0.05) is 55.5 Å². The van der Waals surface area contributed by atoms with Crippen molar-refractivity contribution in [2.24, 2.45) is 0 Å². The Bertz CT molecular complexity index is 5870. The summed E-state index contributed by atoms with van der Waals surface area (Å²) in [4.78, 5) is 7.06. The molecule has 0 unspecified atom stereocenters. The molecule has 0 saturated heterocycles. The van der Waals surface area contributed by atoms with Crippen LogP contribution in [0.4, 0.5) is 51.2 Å². The van der Waals surface area contributed by atoms with Gasteiger partial charge in [-0.3, -0.25) is 0 Å². The third-order valence-corrected chi connectivity index (χ3v) is 21.6. The first-order valence-corrected chi connectivity index (χ1v) is 37.3. The molecule has 4 heteroatoms. The maximum absolute atomic E-state index is 3.52. The number of benzene rings is 17. The van der Waals surface area contributed by atoms with Crippen LogP contribution < -0.4 is 14.7 Å². The number of para-hydroxylation sites is 3. The topological polar surface area (TPSA) is 9.72 Å². The first-order chi connectivity index (χ1) is 53.0. The number of hydrogen-bond acceptors (Lipinski definition) is 3. The zero-order chi connectivity index (χ0) is 71.5. The van der Waals surface area contributed by atoms with Crippen molar-refractivity contribution in [1.29, 1.82) is 0 Å². The van der Waals surface area contributed by atoms with Gasteiger partial charge in [0.2, 0.25) is 0 Å². The van der Waals surface area contributed by atoms with E-state index in [1.165, 1.54) is 117 Å². The molecule has 0 heterocycles. The summed E-state index contributed by atoms with van der Waals surface area (Å²) in [7, 11) is 0. The molecule has 0 amide bonds. The summed E-state index contributed by atoms with van der Waals surface area (Å²) in [6, 6.07) is 158. The number of hydrogen-bond donors (Lipinski definition) is 0. The number of halogens is 1. The standard InChI is InChI=1S/C67H46N2.C36H26BrN/c1-4-17-47(18-5-1)50-35-41-55(42-36-50)68(53-19-6-2-7-20-53)56-43-37-51(38-44-56)48-31-33-49(34-32-48)52-39-45-57(46-40-52)69(54-21-8-3-9-22-54)65-30-16-29-64-66(65)60-25-12-15-28-63(60)67(64)61-26-13-10-23-58(61)59-24-11-14-27-62(59)67;37-33-21-15-30(16-22-33)28-11-13-29(14-12-28)32-19-25-36(26-20-32)38(34-9-5-2-6-10-34)35-23-17-31(18-24-35)27-7-3-1-4-8-27/h1-46H;1-26H. The highest BCUT2D eigenvalue weighted by Gasteiger charge is 2.52. The monoisotopic (exact) mass is 1430 g/mol. The molecule has 0 bridgehead atoms. The molecule has 506 valence electrons. The summed E-state index contributed by atoms with van der Waals surface area (Å²) in [6.45, 7) is 0. The zero-order valence-corrected chi connectivity index (χ0v) is 60.4. The molecule has 0 radical (unpaired) electrons. The van der Waals surface area contributed by atoms with E-state index in [-0.39, 0.29) is 0 Å². The fourth-order valence-electron chi connectivity index (χ4n) is 16.0. The van der Waals surface area contributed by atoms with Crippen LogP contribution in [0.15, 0.2) is 441 Å². The third-order valence-electron chi connectivity index (χ3n) is 21.1. The number of rotatable bonds is 15. The molecule has 107 heavy (non-hydrogen) atoms. The second-order valence-corrected chi connectivity index (χ2v) is 28.1. The van der Waals surface area contributed by atoms with Gasteiger partial charge in [0.05, 0.1) is 11.1 Å². The van der Waals surface area contributed by atoms with E-state index in [0.717, 1.165) is 50.0 Å². The van der Waals surface area contributed by atoms with Crippen LogP contribution in [0.3, 0.4) is 0 Å². The minimum Gasteiger partial charge on any atom is -0.311 e. The van der Waals surface area contributed by atoms with Gasteiger partial charge in [-0.2, -0.15) is 0 Å². The van der Waals surface area contributed by atoms with Crippen LogP contribution in [-0.4, -0.2) is 0 Å². The highest BCUT2D eigenvalue weighted by Crippen LogP contribution is 2.65. The molecule has 0 fully saturated rings. The van der Waals surface area contributed by atoms with Gasteiger partial charge in [-0.05, 0) is 221 Å². The quantitative estimate of drug-likeness (QED) is 0.101. The summed E-state index contributed by atoms with van der Waals surface area (Å²) in [5, 5.41) is 0. The van der Waals surface area contributed by atoms with E-state index in [9.17, 15) is 0 Å². The Morgan fingerprint density at radius 2 is 0.374 bits per heavy atom. The Morgan fingerprint density at radius 1 is 0.159 bits per heavy atom. The van der Waals surface area contributed by atoms with Crippen molar-refractivity contribution in [3.05, 3.63) is 464 Å². The Kier molecular flexibility index (Phi) is 17.8. The molecular formula is C103H72BrN3. The molecule has 2 aliphatic carbocycles. The minimum absolute atomic E-state index is 0.409. The average molecular weight is 1430 g/mol. The highest BCUT2D eigenvalue weighted by molar-refractivity contribution is 9.10. The van der Waals surface area contributed by atoms with Crippen molar-refractivity contribution < 1.29 is 0 Å². The fraction of sp³-hybridized carbons (Fsp3) is 0.00971. The van der Waals surface area contributed by atoms with E-state index in [4.69, 9.17) is 0 Å². The number of fused-ring (bicyclic) bond motifs is 10. The predicted octanol–water partition coefficient (Wildman–Crippen LogP) is 28.9. The Labute approximate surface area is 635 Å². The minimum atomic E-state index is -0.409. The van der Waals surface area contributed by atoms with Crippen molar-refractivity contribution in [1.82, 2.24) is 0 Å². The third kappa shape index (κ3) is 12.6. The van der Waals surface area contributed by atoms with Crippen LogP contribution in [0.1, 0.15) is 22.3 Å². The molecule has 1 spiro atoms. The van der Waals surface area contributed by atoms with Crippen molar-refractivity contribution in [3.8, 4) is 89.0 Å². The lowest BCUT2D eigenvalue weighted by molar-refractivity contribution is 0.794. The summed E-state index contributed by atoms with van der Waals surface area (Å²) in [5.41, 5.74) is 34.7. The lowest BCUT2D eigenvalue weighted by Crippen LogP contribution is -2.26.